The van der Waals surface area contributed by atoms with Gasteiger partial charge in [-0.05, 0) is 30.3 Å². The number of hydrogen-bond acceptors (Lipinski definition) is 2. The van der Waals surface area contributed by atoms with Crippen molar-refractivity contribution in [1.82, 2.24) is 0 Å². The molecule has 1 aromatic carbocycles. The number of hydrogen-bond donors (Lipinski definition) is 0. The minimum atomic E-state index is -1.06. The highest BCUT2D eigenvalue weighted by Crippen LogP contribution is 2.18. The van der Waals surface area contributed by atoms with E-state index in [4.69, 9.17) is 4.74 Å². The fraction of sp³-hybridized carbons (Fsp3) is 0.400. The minimum absolute atomic E-state index is 0.656. The van der Waals surface area contributed by atoms with Crippen LogP contribution in [0.25, 0.3) is 0 Å². The number of ether oxygens (including phenoxy) is 1. The lowest BCUT2D eigenvalue weighted by molar-refractivity contribution is 0.112. The van der Waals surface area contributed by atoms with E-state index >= 15 is 0 Å². The summed E-state index contributed by atoms with van der Waals surface area (Å²) in [5.74, 6) is 0.807. The van der Waals surface area contributed by atoms with Gasteiger partial charge in [-0.2, -0.15) is 0 Å². The van der Waals surface area contributed by atoms with Crippen LogP contribution in [0.4, 0.5) is 0 Å². The maximum atomic E-state index is 10.5. The molecule has 0 atom stereocenters. The lowest BCUT2D eigenvalue weighted by Crippen LogP contribution is -2.20. The summed E-state index contributed by atoms with van der Waals surface area (Å²) >= 11 is 0. The predicted molar refractivity (Wildman–Crippen MR) is 79.2 cm³/mol. The van der Waals surface area contributed by atoms with Gasteiger partial charge in [-0.25, -0.2) is 0 Å². The molecule has 0 aliphatic rings. The van der Waals surface area contributed by atoms with E-state index in [-0.39, 0.29) is 0 Å². The van der Waals surface area contributed by atoms with Gasteiger partial charge in [-0.1, -0.05) is 25.2 Å². The van der Waals surface area contributed by atoms with Crippen LogP contribution in [0.2, 0.25) is 25.7 Å². The zero-order valence-corrected chi connectivity index (χ0v) is 12.5. The predicted octanol–water partition coefficient (Wildman–Crippen LogP) is 4.16. The van der Waals surface area contributed by atoms with Gasteiger partial charge >= 0.3 is 0 Å². The van der Waals surface area contributed by atoms with Gasteiger partial charge in [0.25, 0.3) is 0 Å². The van der Waals surface area contributed by atoms with Crippen LogP contribution < -0.4 is 4.74 Å². The average molecular weight is 262 g/mol. The molecular weight excluding hydrogens is 240 g/mol. The molecule has 2 nitrogen and oxygen atoms in total. The molecule has 0 fully saturated rings. The van der Waals surface area contributed by atoms with Gasteiger partial charge in [-0.15, -0.1) is 6.58 Å². The Labute approximate surface area is 111 Å². The van der Waals surface area contributed by atoms with Crippen LogP contribution in [0.3, 0.4) is 0 Å². The fourth-order valence-corrected chi connectivity index (χ4v) is 3.47. The van der Waals surface area contributed by atoms with E-state index in [9.17, 15) is 4.79 Å². The molecule has 98 valence electrons. The quantitative estimate of drug-likeness (QED) is 0.419. The third-order valence-corrected chi connectivity index (χ3v) is 4.08. The number of carbonyl (C=O) groups excluding carboxylic acids is 1. The third-order valence-electron chi connectivity index (χ3n) is 2.52. The van der Waals surface area contributed by atoms with Crippen molar-refractivity contribution in [1.29, 1.82) is 0 Å². The summed E-state index contributed by atoms with van der Waals surface area (Å²) in [5.41, 5.74) is 1.95. The van der Waals surface area contributed by atoms with Gasteiger partial charge in [-0.3, -0.25) is 4.79 Å². The molecule has 0 bridgehead atoms. The molecule has 3 heteroatoms. The Morgan fingerprint density at radius 2 is 1.89 bits per heavy atom. The van der Waals surface area contributed by atoms with Crippen molar-refractivity contribution >= 4 is 14.4 Å². The lowest BCUT2D eigenvalue weighted by Gasteiger charge is -2.17. The highest BCUT2D eigenvalue weighted by molar-refractivity contribution is 6.76. The van der Waals surface area contributed by atoms with Crippen molar-refractivity contribution in [3.8, 4) is 5.75 Å². The number of carbonyl (C=O) groups is 1. The standard InChI is InChI=1S/C15H22O2Si/c1-13(12-18(2,3)4)9-10-17-15-7-5-14(11-16)6-8-15/h5-8,11H,1,9-10,12H2,2-4H3. The van der Waals surface area contributed by atoms with E-state index < -0.39 is 8.07 Å². The first-order valence-corrected chi connectivity index (χ1v) is 9.96. The van der Waals surface area contributed by atoms with E-state index in [2.05, 4.69) is 26.2 Å². The highest BCUT2D eigenvalue weighted by atomic mass is 28.3. The zero-order valence-electron chi connectivity index (χ0n) is 11.5. The first kappa shape index (κ1) is 14.7. The lowest BCUT2D eigenvalue weighted by atomic mass is 10.2. The Morgan fingerprint density at radius 3 is 2.39 bits per heavy atom. The summed E-state index contributed by atoms with van der Waals surface area (Å²) in [6.07, 6.45) is 1.74. The van der Waals surface area contributed by atoms with E-state index in [1.54, 1.807) is 12.1 Å². The van der Waals surface area contributed by atoms with Crippen LogP contribution in [-0.2, 0) is 0 Å². The van der Waals surface area contributed by atoms with Crippen LogP contribution in [0.15, 0.2) is 36.4 Å². The normalized spacial score (nSPS) is 11.1. The summed E-state index contributed by atoms with van der Waals surface area (Å²) in [4.78, 5) is 10.5. The Kier molecular flexibility index (Phi) is 5.35. The molecule has 0 aliphatic heterocycles. The summed E-state index contributed by atoms with van der Waals surface area (Å²) < 4.78 is 5.63. The van der Waals surface area contributed by atoms with Crippen molar-refractivity contribution < 1.29 is 9.53 Å². The molecule has 0 aromatic heterocycles. The zero-order chi connectivity index (χ0) is 13.6. The van der Waals surface area contributed by atoms with Gasteiger partial charge in [0.2, 0.25) is 0 Å². The summed E-state index contributed by atoms with van der Waals surface area (Å²) in [6.45, 7) is 11.8. The van der Waals surface area contributed by atoms with Crippen LogP contribution in [0.5, 0.6) is 5.75 Å². The van der Waals surface area contributed by atoms with Gasteiger partial charge in [0.15, 0.2) is 0 Å². The second-order valence-corrected chi connectivity index (χ2v) is 11.2. The van der Waals surface area contributed by atoms with Crippen molar-refractivity contribution in [2.45, 2.75) is 32.1 Å². The summed E-state index contributed by atoms with van der Waals surface area (Å²) in [6, 6.07) is 8.33. The monoisotopic (exact) mass is 262 g/mol. The van der Waals surface area contributed by atoms with Crippen LogP contribution in [-0.4, -0.2) is 21.0 Å². The first-order valence-electron chi connectivity index (χ1n) is 6.25. The smallest absolute Gasteiger partial charge is 0.150 e. The highest BCUT2D eigenvalue weighted by Gasteiger charge is 2.14. The summed E-state index contributed by atoms with van der Waals surface area (Å²) in [5, 5.41) is 0. The largest absolute Gasteiger partial charge is 0.493 e. The average Bonchev–Trinajstić information content (AvgIpc) is 2.27. The van der Waals surface area contributed by atoms with E-state index in [1.165, 1.54) is 5.57 Å². The third kappa shape index (κ3) is 5.82. The van der Waals surface area contributed by atoms with Crippen LogP contribution >= 0.6 is 0 Å². The van der Waals surface area contributed by atoms with Crippen molar-refractivity contribution in [3.05, 3.63) is 42.0 Å². The second kappa shape index (κ2) is 6.54. The van der Waals surface area contributed by atoms with Crippen LogP contribution in [0, 0.1) is 0 Å². The molecule has 0 amide bonds. The first-order chi connectivity index (χ1) is 8.40. The van der Waals surface area contributed by atoms with Crippen molar-refractivity contribution in [2.24, 2.45) is 0 Å². The molecule has 0 unspecified atom stereocenters. The van der Waals surface area contributed by atoms with Crippen LogP contribution in [0.1, 0.15) is 16.8 Å². The molecule has 0 saturated carbocycles. The van der Waals surface area contributed by atoms with Crippen molar-refractivity contribution in [3.63, 3.8) is 0 Å². The minimum Gasteiger partial charge on any atom is -0.493 e. The van der Waals surface area contributed by atoms with Gasteiger partial charge in [0.1, 0.15) is 12.0 Å². The molecule has 0 heterocycles. The molecule has 0 N–H and O–H groups in total. The molecule has 18 heavy (non-hydrogen) atoms. The fourth-order valence-electron chi connectivity index (χ4n) is 1.79. The van der Waals surface area contributed by atoms with E-state index in [0.717, 1.165) is 24.5 Å². The molecule has 0 saturated heterocycles. The Hall–Kier alpha value is -1.35. The second-order valence-electron chi connectivity index (χ2n) is 5.77. The van der Waals surface area contributed by atoms with Gasteiger partial charge in [0, 0.05) is 20.1 Å². The van der Waals surface area contributed by atoms with E-state index in [0.29, 0.717) is 12.2 Å². The molecule has 0 aliphatic carbocycles. The molecular formula is C15H22O2Si. The topological polar surface area (TPSA) is 26.3 Å². The number of benzene rings is 1. The van der Waals surface area contributed by atoms with Gasteiger partial charge < -0.3 is 4.74 Å². The van der Waals surface area contributed by atoms with E-state index in [1.807, 2.05) is 12.1 Å². The Balaban J connectivity index is 2.33. The SMILES string of the molecule is C=C(CCOc1ccc(C=O)cc1)C[Si](C)(C)C. The Morgan fingerprint density at radius 1 is 1.28 bits per heavy atom. The molecule has 1 rings (SSSR count). The van der Waals surface area contributed by atoms with Gasteiger partial charge in [0.05, 0.1) is 6.61 Å². The molecule has 0 radical (unpaired) electrons. The van der Waals surface area contributed by atoms with Crippen molar-refractivity contribution in [2.75, 3.05) is 6.61 Å². The number of rotatable bonds is 7. The molecule has 1 aromatic rings. The maximum Gasteiger partial charge on any atom is 0.150 e. The Bertz CT molecular complexity index is 401. The molecule has 0 spiro atoms. The number of aldehydes is 1. The summed E-state index contributed by atoms with van der Waals surface area (Å²) in [7, 11) is -1.06. The maximum absolute atomic E-state index is 10.5.